The average molecular weight is 480 g/mol. The highest BCUT2D eigenvalue weighted by molar-refractivity contribution is 5.53. The monoisotopic (exact) mass is 479 g/mol. The number of aryl methyl sites for hydroxylation is 1. The van der Waals surface area contributed by atoms with Gasteiger partial charge in [-0.15, -0.1) is 0 Å². The molecule has 1 aromatic heterocycles. The minimum absolute atomic E-state index is 0.199. The quantitative estimate of drug-likeness (QED) is 0.570. The van der Waals surface area contributed by atoms with Gasteiger partial charge in [0.05, 0.1) is 12.2 Å². The Balaban J connectivity index is 1.09. The van der Waals surface area contributed by atoms with E-state index in [-0.39, 0.29) is 5.41 Å². The molecule has 2 aromatic carbocycles. The van der Waals surface area contributed by atoms with Crippen LogP contribution in [0, 0.1) is 12.3 Å². The number of nitrogens with zero attached hydrogens (tertiary/aromatic N) is 4. The van der Waals surface area contributed by atoms with Crippen LogP contribution in [0.3, 0.4) is 0 Å². The predicted molar refractivity (Wildman–Crippen MR) is 146 cm³/mol. The Morgan fingerprint density at radius 3 is 2.33 bits per heavy atom. The first-order chi connectivity index (χ1) is 17.6. The summed E-state index contributed by atoms with van der Waals surface area (Å²) in [6, 6.07) is 18.7. The number of aromatic nitrogens is 2. The van der Waals surface area contributed by atoms with E-state index in [9.17, 15) is 0 Å². The number of rotatable bonds is 4. The molecule has 5 heteroatoms. The van der Waals surface area contributed by atoms with Crippen molar-refractivity contribution in [3.63, 3.8) is 0 Å². The van der Waals surface area contributed by atoms with Crippen molar-refractivity contribution in [3.8, 4) is 0 Å². The zero-order chi connectivity index (χ0) is 24.2. The number of fused-ring (bicyclic) bond motifs is 1. The molecule has 0 amide bonds. The molecule has 3 fully saturated rings. The smallest absolute Gasteiger partial charge is 0.225 e. The normalized spacial score (nSPS) is 24.7. The van der Waals surface area contributed by atoms with Gasteiger partial charge in [-0.2, -0.15) is 0 Å². The lowest BCUT2D eigenvalue weighted by Gasteiger charge is -2.43. The Labute approximate surface area is 215 Å². The Morgan fingerprint density at radius 2 is 1.64 bits per heavy atom. The molecule has 36 heavy (non-hydrogen) atoms. The maximum absolute atomic E-state index is 5.10. The van der Waals surface area contributed by atoms with E-state index in [0.29, 0.717) is 5.41 Å². The van der Waals surface area contributed by atoms with Gasteiger partial charge in [0.2, 0.25) is 5.95 Å². The highest BCUT2D eigenvalue weighted by atomic mass is 15.3. The van der Waals surface area contributed by atoms with Gasteiger partial charge in [-0.3, -0.25) is 0 Å². The van der Waals surface area contributed by atoms with Crippen LogP contribution in [-0.4, -0.2) is 42.7 Å². The lowest BCUT2D eigenvalue weighted by atomic mass is 9.60. The highest BCUT2D eigenvalue weighted by Gasteiger charge is 2.42. The van der Waals surface area contributed by atoms with Crippen molar-refractivity contribution in [1.29, 1.82) is 0 Å². The van der Waals surface area contributed by atoms with E-state index in [0.717, 1.165) is 51.6 Å². The van der Waals surface area contributed by atoms with Gasteiger partial charge in [0.15, 0.2) is 0 Å². The Hall–Kier alpha value is -2.92. The summed E-state index contributed by atoms with van der Waals surface area (Å²) in [4.78, 5) is 14.8. The lowest BCUT2D eigenvalue weighted by Crippen LogP contribution is -2.35. The van der Waals surface area contributed by atoms with Crippen LogP contribution in [0.25, 0.3) is 0 Å². The number of anilines is 2. The van der Waals surface area contributed by atoms with Gasteiger partial charge in [0.1, 0.15) is 0 Å². The van der Waals surface area contributed by atoms with Crippen LogP contribution in [0.2, 0.25) is 0 Å². The van der Waals surface area contributed by atoms with Gasteiger partial charge in [-0.25, -0.2) is 9.97 Å². The molecule has 1 atom stereocenters. The summed E-state index contributed by atoms with van der Waals surface area (Å²) in [7, 11) is 0. The number of benzene rings is 2. The number of nitrogens with one attached hydrogen (secondary N) is 1. The van der Waals surface area contributed by atoms with Crippen molar-refractivity contribution in [2.45, 2.75) is 57.4 Å². The van der Waals surface area contributed by atoms with Crippen LogP contribution in [0.5, 0.6) is 0 Å². The van der Waals surface area contributed by atoms with E-state index in [4.69, 9.17) is 9.97 Å². The van der Waals surface area contributed by atoms with E-state index in [1.807, 2.05) is 0 Å². The first-order valence-corrected chi connectivity index (χ1v) is 13.9. The van der Waals surface area contributed by atoms with E-state index >= 15 is 0 Å². The molecule has 1 N–H and O–H groups in total. The first kappa shape index (κ1) is 22.3. The third-order valence-corrected chi connectivity index (χ3v) is 9.58. The molecule has 2 saturated heterocycles. The van der Waals surface area contributed by atoms with Crippen LogP contribution in [0.15, 0.2) is 54.7 Å². The maximum atomic E-state index is 5.10. The second-order valence-corrected chi connectivity index (χ2v) is 11.8. The topological polar surface area (TPSA) is 44.3 Å². The van der Waals surface area contributed by atoms with E-state index in [1.54, 1.807) is 0 Å². The Morgan fingerprint density at radius 1 is 0.861 bits per heavy atom. The minimum Gasteiger partial charge on any atom is -0.365 e. The van der Waals surface area contributed by atoms with Gasteiger partial charge < -0.3 is 15.1 Å². The van der Waals surface area contributed by atoms with Gasteiger partial charge >= 0.3 is 0 Å². The molecule has 1 aliphatic carbocycles. The fraction of sp³-hybridized carbons (Fsp3) is 0.484. The summed E-state index contributed by atoms with van der Waals surface area (Å²) in [5.74, 6) is 0.930. The molecule has 4 heterocycles. The van der Waals surface area contributed by atoms with Gasteiger partial charge in [-0.1, -0.05) is 48.4 Å². The number of hydrogen-bond donors (Lipinski definition) is 1. The molecular weight excluding hydrogens is 442 g/mol. The maximum Gasteiger partial charge on any atom is 0.225 e. The van der Waals surface area contributed by atoms with Crippen molar-refractivity contribution in [2.24, 2.45) is 5.41 Å². The van der Waals surface area contributed by atoms with Gasteiger partial charge in [-0.05, 0) is 74.4 Å². The third kappa shape index (κ3) is 3.71. The predicted octanol–water partition coefficient (Wildman–Crippen LogP) is 5.01. The molecule has 3 aromatic rings. The van der Waals surface area contributed by atoms with Crippen molar-refractivity contribution < 1.29 is 0 Å². The molecule has 7 rings (SSSR count). The molecular formula is C31H37N5. The molecule has 0 bridgehead atoms. The molecule has 0 radical (unpaired) electrons. The van der Waals surface area contributed by atoms with Crippen LogP contribution >= 0.6 is 0 Å². The average Bonchev–Trinajstić information content (AvgIpc) is 3.54. The van der Waals surface area contributed by atoms with E-state index in [2.05, 4.69) is 76.8 Å². The first-order valence-electron chi connectivity index (χ1n) is 13.9. The molecule has 1 spiro atoms. The largest absolute Gasteiger partial charge is 0.365 e. The molecule has 1 saturated carbocycles. The minimum atomic E-state index is 0.199. The Kier molecular flexibility index (Phi) is 5.32. The van der Waals surface area contributed by atoms with Crippen molar-refractivity contribution in [3.05, 3.63) is 82.7 Å². The summed E-state index contributed by atoms with van der Waals surface area (Å²) >= 11 is 0. The van der Waals surface area contributed by atoms with Crippen LogP contribution in [0.4, 0.5) is 11.6 Å². The highest BCUT2D eigenvalue weighted by Crippen LogP contribution is 2.49. The Bertz CT molecular complexity index is 1240. The van der Waals surface area contributed by atoms with Gasteiger partial charge in [0, 0.05) is 48.9 Å². The molecule has 5 nitrogen and oxygen atoms in total. The second kappa shape index (κ2) is 8.58. The van der Waals surface area contributed by atoms with Crippen molar-refractivity contribution in [2.75, 3.05) is 42.5 Å². The van der Waals surface area contributed by atoms with Crippen molar-refractivity contribution >= 4 is 11.6 Å². The zero-order valence-corrected chi connectivity index (χ0v) is 21.5. The van der Waals surface area contributed by atoms with Crippen molar-refractivity contribution in [1.82, 2.24) is 15.3 Å². The van der Waals surface area contributed by atoms with E-state index < -0.39 is 0 Å². The molecule has 3 aliphatic heterocycles. The fourth-order valence-corrected chi connectivity index (χ4v) is 7.05. The summed E-state index contributed by atoms with van der Waals surface area (Å²) in [6.07, 6.45) is 9.46. The molecule has 1 unspecified atom stereocenters. The second-order valence-electron chi connectivity index (χ2n) is 11.8. The van der Waals surface area contributed by atoms with Crippen LogP contribution < -0.4 is 15.1 Å². The van der Waals surface area contributed by atoms with Crippen LogP contribution in [-0.2, 0) is 18.4 Å². The standard InChI is InChI=1S/C31H37N5/c1-23-3-5-25(6-4-23)31(12-2-13-31)26-7-9-27(10-8-26)35-17-11-24-19-33-29(34-28(24)20-35)36-18-15-30(22-36)14-16-32-21-30/h3-10,19,32H,2,11-18,20-22H2,1H3. The fourth-order valence-electron chi connectivity index (χ4n) is 7.05. The van der Waals surface area contributed by atoms with E-state index in [1.165, 1.54) is 65.7 Å². The van der Waals surface area contributed by atoms with Gasteiger partial charge in [0.25, 0.3) is 0 Å². The lowest BCUT2D eigenvalue weighted by molar-refractivity contribution is 0.301. The molecule has 186 valence electrons. The van der Waals surface area contributed by atoms with Crippen LogP contribution in [0.1, 0.15) is 60.1 Å². The summed E-state index contributed by atoms with van der Waals surface area (Å²) in [5, 5.41) is 3.56. The summed E-state index contributed by atoms with van der Waals surface area (Å²) in [6.45, 7) is 8.53. The molecule has 4 aliphatic rings. The summed E-state index contributed by atoms with van der Waals surface area (Å²) < 4.78 is 0. The third-order valence-electron chi connectivity index (χ3n) is 9.58. The zero-order valence-electron chi connectivity index (χ0n) is 21.5. The summed E-state index contributed by atoms with van der Waals surface area (Å²) in [5.41, 5.74) is 8.73. The SMILES string of the molecule is Cc1ccc(C2(c3ccc(N4CCc5cnc(N6CCC7(CCNC7)C6)nc5C4)cc3)CCC2)cc1. The number of hydrogen-bond acceptors (Lipinski definition) is 5.